The molecular weight excluding hydrogens is 460 g/mol. The fraction of sp³-hybridized carbons (Fsp3) is 0.174. The second-order valence-electron chi connectivity index (χ2n) is 7.05. The van der Waals surface area contributed by atoms with E-state index in [1.807, 2.05) is 13.0 Å². The summed E-state index contributed by atoms with van der Waals surface area (Å²) >= 11 is 6.30. The number of aliphatic hydroxyl groups excluding tert-OH is 2. The topological polar surface area (TPSA) is 141 Å². The van der Waals surface area contributed by atoms with Crippen LogP contribution in [0, 0.1) is 6.92 Å². The lowest BCUT2D eigenvalue weighted by Crippen LogP contribution is -2.23. The standard InChI is InChI=1S/C23H25ClN6O4/c1-3-20(32)26-17-6-4-5-7-18(17)27-21-16(24)13-25-23(29-21)28-19-12-15(9-8-14(19)2)22(33)30-34-11-10-31/h3-9,12-13,22,30-31,33H,1,10-11H2,2H3,(H,26,32)(H2,25,27,28,29). The van der Waals surface area contributed by atoms with Gasteiger partial charge in [-0.3, -0.25) is 9.63 Å². The van der Waals surface area contributed by atoms with Crippen molar-refractivity contribution in [2.24, 2.45) is 0 Å². The first-order valence-corrected chi connectivity index (χ1v) is 10.6. The molecule has 1 amide bonds. The van der Waals surface area contributed by atoms with E-state index in [2.05, 4.69) is 38.0 Å². The van der Waals surface area contributed by atoms with Gasteiger partial charge in [0.05, 0.1) is 30.8 Å². The number of hydrogen-bond donors (Lipinski definition) is 6. The Morgan fingerprint density at radius 3 is 2.71 bits per heavy atom. The molecule has 0 spiro atoms. The fourth-order valence-electron chi connectivity index (χ4n) is 2.84. The number of carbonyl (C=O) groups is 1. The van der Waals surface area contributed by atoms with E-state index in [9.17, 15) is 9.90 Å². The van der Waals surface area contributed by atoms with Crippen molar-refractivity contribution in [1.82, 2.24) is 15.4 Å². The summed E-state index contributed by atoms with van der Waals surface area (Å²) in [6, 6.07) is 12.4. The van der Waals surface area contributed by atoms with Gasteiger partial charge in [0.15, 0.2) is 12.0 Å². The molecule has 1 unspecified atom stereocenters. The van der Waals surface area contributed by atoms with E-state index in [4.69, 9.17) is 21.5 Å². The molecule has 34 heavy (non-hydrogen) atoms. The molecule has 0 saturated heterocycles. The zero-order chi connectivity index (χ0) is 24.5. The van der Waals surface area contributed by atoms with Crippen molar-refractivity contribution < 1.29 is 19.8 Å². The number of aliphatic hydroxyl groups is 2. The lowest BCUT2D eigenvalue weighted by Gasteiger charge is -2.16. The van der Waals surface area contributed by atoms with E-state index in [1.54, 1.807) is 36.4 Å². The Kier molecular flexibility index (Phi) is 8.91. The summed E-state index contributed by atoms with van der Waals surface area (Å²) in [6.45, 7) is 5.22. The van der Waals surface area contributed by atoms with Crippen LogP contribution < -0.4 is 21.4 Å². The zero-order valence-corrected chi connectivity index (χ0v) is 19.1. The van der Waals surface area contributed by atoms with E-state index in [0.717, 1.165) is 5.56 Å². The van der Waals surface area contributed by atoms with Crippen LogP contribution in [0.4, 0.5) is 28.8 Å². The van der Waals surface area contributed by atoms with Gasteiger partial charge in [-0.15, -0.1) is 0 Å². The van der Waals surface area contributed by atoms with Gasteiger partial charge in [0.1, 0.15) is 5.02 Å². The van der Waals surface area contributed by atoms with Crippen LogP contribution in [0.2, 0.25) is 5.02 Å². The summed E-state index contributed by atoms with van der Waals surface area (Å²) in [6.07, 6.45) is 1.53. The predicted octanol–water partition coefficient (Wildman–Crippen LogP) is 3.55. The molecule has 2 aromatic carbocycles. The lowest BCUT2D eigenvalue weighted by molar-refractivity contribution is -0.111. The average Bonchev–Trinajstić information content (AvgIpc) is 2.83. The quantitative estimate of drug-likeness (QED) is 0.104. The molecule has 0 fully saturated rings. The minimum atomic E-state index is -1.10. The van der Waals surface area contributed by atoms with Gasteiger partial charge in [0.2, 0.25) is 11.9 Å². The number of aromatic nitrogens is 2. The first-order chi connectivity index (χ1) is 16.4. The van der Waals surface area contributed by atoms with Crippen LogP contribution in [0.1, 0.15) is 17.4 Å². The van der Waals surface area contributed by atoms with Crippen LogP contribution in [0.25, 0.3) is 0 Å². The molecule has 3 aromatic rings. The second kappa shape index (κ2) is 12.1. The summed E-state index contributed by atoms with van der Waals surface area (Å²) in [5.74, 6) is 0.241. The van der Waals surface area contributed by atoms with Crippen LogP contribution in [0.15, 0.2) is 61.3 Å². The number of hydroxylamine groups is 1. The van der Waals surface area contributed by atoms with E-state index >= 15 is 0 Å². The molecule has 0 radical (unpaired) electrons. The van der Waals surface area contributed by atoms with Crippen molar-refractivity contribution in [1.29, 1.82) is 0 Å². The molecule has 1 atom stereocenters. The highest BCUT2D eigenvalue weighted by atomic mass is 35.5. The third-order valence-electron chi connectivity index (χ3n) is 4.58. The van der Waals surface area contributed by atoms with Crippen molar-refractivity contribution in [2.45, 2.75) is 13.2 Å². The number of nitrogens with one attached hydrogen (secondary N) is 4. The van der Waals surface area contributed by atoms with Crippen LogP contribution in [-0.4, -0.2) is 39.3 Å². The Labute approximate surface area is 201 Å². The second-order valence-corrected chi connectivity index (χ2v) is 7.45. The van der Waals surface area contributed by atoms with Crippen molar-refractivity contribution in [3.05, 3.63) is 77.5 Å². The molecule has 1 heterocycles. The Morgan fingerprint density at radius 2 is 1.97 bits per heavy atom. The number of amides is 1. The van der Waals surface area contributed by atoms with Gasteiger partial charge < -0.3 is 26.2 Å². The first-order valence-electron chi connectivity index (χ1n) is 10.3. The van der Waals surface area contributed by atoms with Crippen LogP contribution >= 0.6 is 11.6 Å². The maximum Gasteiger partial charge on any atom is 0.247 e. The number of nitrogens with zero attached hydrogens (tertiary/aromatic N) is 2. The van der Waals surface area contributed by atoms with Crippen LogP contribution in [0.3, 0.4) is 0 Å². The van der Waals surface area contributed by atoms with Crippen molar-refractivity contribution in [2.75, 3.05) is 29.2 Å². The third-order valence-corrected chi connectivity index (χ3v) is 4.86. The number of para-hydroxylation sites is 2. The summed E-state index contributed by atoms with van der Waals surface area (Å²) in [5.41, 5.74) is 5.64. The highest BCUT2D eigenvalue weighted by Gasteiger charge is 2.13. The van der Waals surface area contributed by atoms with Gasteiger partial charge >= 0.3 is 0 Å². The summed E-state index contributed by atoms with van der Waals surface area (Å²) in [7, 11) is 0. The van der Waals surface area contributed by atoms with E-state index in [0.29, 0.717) is 28.4 Å². The average molecular weight is 485 g/mol. The largest absolute Gasteiger partial charge is 0.394 e. The molecule has 0 aliphatic heterocycles. The normalized spacial score (nSPS) is 11.5. The Bertz CT molecular complexity index is 1160. The van der Waals surface area contributed by atoms with E-state index < -0.39 is 6.23 Å². The maximum atomic E-state index is 11.7. The number of hydrogen-bond acceptors (Lipinski definition) is 9. The SMILES string of the molecule is C=CC(=O)Nc1ccccc1Nc1nc(Nc2cc(C(O)NOCCO)ccc2C)ncc1Cl. The van der Waals surface area contributed by atoms with E-state index in [-0.39, 0.29) is 30.1 Å². The monoisotopic (exact) mass is 484 g/mol. The molecule has 0 aliphatic carbocycles. The minimum absolute atomic E-state index is 0.0445. The Morgan fingerprint density at radius 1 is 1.21 bits per heavy atom. The number of rotatable bonds is 11. The van der Waals surface area contributed by atoms with E-state index in [1.165, 1.54) is 12.3 Å². The van der Waals surface area contributed by atoms with Crippen molar-refractivity contribution in [3.63, 3.8) is 0 Å². The molecule has 3 rings (SSSR count). The number of aryl methyl sites for hydroxylation is 1. The molecule has 0 bridgehead atoms. The van der Waals surface area contributed by atoms with Gasteiger partial charge in [-0.25, -0.2) is 4.98 Å². The summed E-state index contributed by atoms with van der Waals surface area (Å²) in [4.78, 5) is 25.4. The molecule has 6 N–H and O–H groups in total. The van der Waals surface area contributed by atoms with Gasteiger partial charge in [-0.05, 0) is 42.3 Å². The smallest absolute Gasteiger partial charge is 0.247 e. The predicted molar refractivity (Wildman–Crippen MR) is 131 cm³/mol. The van der Waals surface area contributed by atoms with Gasteiger partial charge in [0.25, 0.3) is 0 Å². The summed E-state index contributed by atoms with van der Waals surface area (Å²) in [5, 5.41) is 28.3. The number of anilines is 5. The zero-order valence-electron chi connectivity index (χ0n) is 18.4. The third kappa shape index (κ3) is 6.73. The lowest BCUT2D eigenvalue weighted by atomic mass is 10.1. The fourth-order valence-corrected chi connectivity index (χ4v) is 2.98. The maximum absolute atomic E-state index is 11.7. The number of halogens is 1. The number of carbonyl (C=O) groups excluding carboxylic acids is 1. The molecule has 11 heteroatoms. The van der Waals surface area contributed by atoms with Gasteiger partial charge in [-0.2, -0.15) is 10.5 Å². The van der Waals surface area contributed by atoms with Crippen LogP contribution in [0.5, 0.6) is 0 Å². The van der Waals surface area contributed by atoms with Crippen LogP contribution in [-0.2, 0) is 9.63 Å². The molecule has 10 nitrogen and oxygen atoms in total. The molecule has 0 aliphatic rings. The van der Waals surface area contributed by atoms with Gasteiger partial charge in [0, 0.05) is 5.69 Å². The van der Waals surface area contributed by atoms with Gasteiger partial charge in [-0.1, -0.05) is 42.4 Å². The first kappa shape index (κ1) is 25.1. The number of benzene rings is 2. The Hall–Kier alpha value is -3.54. The molecule has 1 aromatic heterocycles. The van der Waals surface area contributed by atoms with Crippen molar-refractivity contribution >= 4 is 46.3 Å². The minimum Gasteiger partial charge on any atom is -0.394 e. The van der Waals surface area contributed by atoms with Crippen molar-refractivity contribution in [3.8, 4) is 0 Å². The highest BCUT2D eigenvalue weighted by molar-refractivity contribution is 6.33. The molecular formula is C23H25ClN6O4. The Balaban J connectivity index is 1.81. The highest BCUT2D eigenvalue weighted by Crippen LogP contribution is 2.30. The molecule has 178 valence electrons. The summed E-state index contributed by atoms with van der Waals surface area (Å²) < 4.78 is 0. The molecule has 0 saturated carbocycles.